The fraction of sp³-hybridized carbons (Fsp3) is 0.500. The highest BCUT2D eigenvalue weighted by Crippen LogP contribution is 2.28. The molecule has 1 aliphatic rings. The van der Waals surface area contributed by atoms with Crippen LogP contribution in [0.15, 0.2) is 23.0 Å². The third-order valence-corrected chi connectivity index (χ3v) is 5.98. The fourth-order valence-corrected chi connectivity index (χ4v) is 4.06. The number of carbonyl (C=O) groups is 2. The van der Waals surface area contributed by atoms with E-state index in [4.69, 9.17) is 21.1 Å². The average molecular weight is 527 g/mol. The normalized spacial score (nSPS) is 15.8. The van der Waals surface area contributed by atoms with Crippen molar-refractivity contribution in [1.29, 1.82) is 0 Å². The van der Waals surface area contributed by atoms with Gasteiger partial charge in [-0.25, -0.2) is 8.78 Å². The van der Waals surface area contributed by atoms with Crippen LogP contribution in [0.1, 0.15) is 52.6 Å². The Hall–Kier alpha value is -3.21. The van der Waals surface area contributed by atoms with Gasteiger partial charge in [0.15, 0.2) is 10.6 Å². The Kier molecular flexibility index (Phi) is 8.22. The van der Waals surface area contributed by atoms with Gasteiger partial charge in [0, 0.05) is 43.7 Å². The van der Waals surface area contributed by atoms with E-state index in [2.05, 4.69) is 10.3 Å². The lowest BCUT2D eigenvalue weighted by molar-refractivity contribution is -0.163. The molecule has 12 heteroatoms. The van der Waals surface area contributed by atoms with E-state index >= 15 is 0 Å². The van der Waals surface area contributed by atoms with E-state index < -0.39 is 34.7 Å². The van der Waals surface area contributed by atoms with E-state index in [9.17, 15) is 23.2 Å². The number of esters is 1. The Morgan fingerprint density at radius 1 is 1.31 bits per heavy atom. The van der Waals surface area contributed by atoms with E-state index in [0.29, 0.717) is 19.5 Å². The van der Waals surface area contributed by atoms with Crippen LogP contribution in [-0.4, -0.2) is 46.2 Å². The number of anilines is 1. The van der Waals surface area contributed by atoms with E-state index in [1.165, 1.54) is 31.4 Å². The third kappa shape index (κ3) is 6.13. The molecule has 9 nitrogen and oxygen atoms in total. The zero-order chi connectivity index (χ0) is 26.8. The van der Waals surface area contributed by atoms with E-state index in [0.717, 1.165) is 12.1 Å². The van der Waals surface area contributed by atoms with Crippen LogP contribution in [-0.2, 0) is 20.9 Å². The maximum absolute atomic E-state index is 14.0. The highest BCUT2D eigenvalue weighted by molar-refractivity contribution is 6.31. The smallest absolute Gasteiger partial charge is 0.303 e. The van der Waals surface area contributed by atoms with Crippen LogP contribution in [0.5, 0.6) is 5.88 Å². The molecule has 36 heavy (non-hydrogen) atoms. The summed E-state index contributed by atoms with van der Waals surface area (Å²) in [5.74, 6) is -2.42. The second-order valence-corrected chi connectivity index (χ2v) is 9.71. The van der Waals surface area contributed by atoms with Crippen molar-refractivity contribution in [3.63, 3.8) is 0 Å². The molecule has 0 radical (unpaired) electrons. The molecule has 1 aliphatic heterocycles. The summed E-state index contributed by atoms with van der Waals surface area (Å²) in [6, 6.07) is 2.48. The van der Waals surface area contributed by atoms with Crippen molar-refractivity contribution in [3.8, 4) is 5.88 Å². The number of rotatable bonds is 8. The van der Waals surface area contributed by atoms with Crippen molar-refractivity contribution in [2.24, 2.45) is 0 Å². The minimum Gasteiger partial charge on any atom is -0.471 e. The molecule has 2 aromatic rings. The van der Waals surface area contributed by atoms with Gasteiger partial charge in [0.05, 0.1) is 0 Å². The number of nitrogens with zero attached hydrogens (tertiary/aromatic N) is 3. The molecule has 1 aromatic carbocycles. The zero-order valence-corrected chi connectivity index (χ0v) is 21.5. The molecule has 3 rings (SSSR count). The molecule has 0 spiro atoms. The maximum Gasteiger partial charge on any atom is 0.303 e. The number of amides is 1. The molecular weight excluding hydrogens is 498 g/mol. The molecular formula is C24H29ClF2N4O5. The number of nitrogens with one attached hydrogen (secondary N) is 1. The van der Waals surface area contributed by atoms with Crippen molar-refractivity contribution in [3.05, 3.63) is 50.8 Å². The van der Waals surface area contributed by atoms with E-state index in [1.807, 2.05) is 4.90 Å². The van der Waals surface area contributed by atoms with Crippen molar-refractivity contribution in [2.75, 3.05) is 18.0 Å². The average Bonchev–Trinajstić information content (AvgIpc) is 3.22. The zero-order valence-electron chi connectivity index (χ0n) is 20.7. The molecule has 1 fully saturated rings. The number of hydrogen-bond donors (Lipinski definition) is 1. The van der Waals surface area contributed by atoms with E-state index in [1.54, 1.807) is 13.8 Å². The lowest BCUT2D eigenvalue weighted by Gasteiger charge is -2.27. The molecule has 0 saturated carbocycles. The number of ether oxygens (including phenoxy) is 2. The van der Waals surface area contributed by atoms with Gasteiger partial charge in [-0.15, -0.1) is 0 Å². The second-order valence-electron chi connectivity index (χ2n) is 9.33. The van der Waals surface area contributed by atoms with Crippen LogP contribution in [0.3, 0.4) is 0 Å². The summed E-state index contributed by atoms with van der Waals surface area (Å²) in [6.45, 7) is 8.31. The van der Waals surface area contributed by atoms with Crippen LogP contribution in [0.4, 0.5) is 14.7 Å². The van der Waals surface area contributed by atoms with Crippen LogP contribution in [0.25, 0.3) is 0 Å². The lowest BCUT2D eigenvalue weighted by Crippen LogP contribution is -2.49. The molecule has 0 bridgehead atoms. The Morgan fingerprint density at radius 2 is 2.00 bits per heavy atom. The molecule has 1 N–H and O–H groups in total. The molecule has 196 valence electrons. The van der Waals surface area contributed by atoms with Crippen LogP contribution >= 0.6 is 11.6 Å². The first-order valence-corrected chi connectivity index (χ1v) is 11.8. The van der Waals surface area contributed by atoms with Crippen molar-refractivity contribution >= 4 is 29.4 Å². The Morgan fingerprint density at radius 3 is 2.61 bits per heavy atom. The summed E-state index contributed by atoms with van der Waals surface area (Å²) in [5, 5.41) is 2.61. The lowest BCUT2D eigenvalue weighted by atomic mass is 10.1. The summed E-state index contributed by atoms with van der Waals surface area (Å²) in [5.41, 5.74) is -1.80. The van der Waals surface area contributed by atoms with Crippen molar-refractivity contribution in [2.45, 2.75) is 65.3 Å². The van der Waals surface area contributed by atoms with Gasteiger partial charge in [-0.1, -0.05) is 11.6 Å². The first-order chi connectivity index (χ1) is 16.8. The highest BCUT2D eigenvalue weighted by atomic mass is 35.5. The summed E-state index contributed by atoms with van der Waals surface area (Å²) in [6.07, 6.45) is 0.551. The predicted octanol–water partition coefficient (Wildman–Crippen LogP) is 3.37. The summed E-state index contributed by atoms with van der Waals surface area (Å²) in [7, 11) is 0. The minimum absolute atomic E-state index is 0.0724. The summed E-state index contributed by atoms with van der Waals surface area (Å²) >= 11 is 6.25. The van der Waals surface area contributed by atoms with Crippen molar-refractivity contribution in [1.82, 2.24) is 14.9 Å². The van der Waals surface area contributed by atoms with Crippen LogP contribution < -0.4 is 20.5 Å². The Balaban J connectivity index is 1.83. The molecule has 1 atom stereocenters. The van der Waals surface area contributed by atoms with Gasteiger partial charge in [-0.2, -0.15) is 4.98 Å². The van der Waals surface area contributed by atoms with Crippen LogP contribution in [0, 0.1) is 11.6 Å². The Bertz CT molecular complexity index is 1220. The molecule has 0 unspecified atom stereocenters. The number of halogens is 3. The standard InChI is InChI=1S/C24H29ClF2N4O5/c1-13(2)31-21(33)19(25)20(35-12-15-6-7-16(26)10-18(15)27)29-23(31)30-9-8-17(11-30)28-22(34)24(4,5)36-14(3)32/h6-7,10,13,17H,8-9,11-12H2,1-5H3,(H,28,34)/t17-/m1/s1. The quantitative estimate of drug-likeness (QED) is 0.526. The number of carbonyl (C=O) groups excluding carboxylic acids is 2. The van der Waals surface area contributed by atoms with Gasteiger partial charge in [-0.05, 0) is 46.2 Å². The molecule has 1 aromatic heterocycles. The Labute approximate surface area is 212 Å². The minimum atomic E-state index is -1.34. The SMILES string of the molecule is CC(=O)OC(C)(C)C(=O)N[C@@H]1CCN(c2nc(OCc3ccc(F)cc3F)c(Cl)c(=O)n2C(C)C)C1. The van der Waals surface area contributed by atoms with Gasteiger partial charge < -0.3 is 19.7 Å². The topological polar surface area (TPSA) is 103 Å². The number of aromatic nitrogens is 2. The molecule has 1 amide bonds. The predicted molar refractivity (Wildman–Crippen MR) is 129 cm³/mol. The first kappa shape index (κ1) is 27.4. The summed E-state index contributed by atoms with van der Waals surface area (Å²) in [4.78, 5) is 43.3. The molecule has 2 heterocycles. The molecule has 1 saturated heterocycles. The van der Waals surface area contributed by atoms with Crippen LogP contribution in [0.2, 0.25) is 5.02 Å². The van der Waals surface area contributed by atoms with Gasteiger partial charge >= 0.3 is 5.97 Å². The first-order valence-electron chi connectivity index (χ1n) is 11.4. The number of benzene rings is 1. The third-order valence-electron chi connectivity index (χ3n) is 5.66. The monoisotopic (exact) mass is 526 g/mol. The highest BCUT2D eigenvalue weighted by Gasteiger charge is 2.35. The summed E-state index contributed by atoms with van der Waals surface area (Å²) < 4.78 is 39.3. The largest absolute Gasteiger partial charge is 0.471 e. The van der Waals surface area contributed by atoms with Crippen molar-refractivity contribution < 1.29 is 27.8 Å². The van der Waals surface area contributed by atoms with Gasteiger partial charge in [0.25, 0.3) is 11.5 Å². The van der Waals surface area contributed by atoms with E-state index in [-0.39, 0.29) is 41.1 Å². The van der Waals surface area contributed by atoms with Gasteiger partial charge in [0.1, 0.15) is 18.2 Å². The maximum atomic E-state index is 14.0. The second kappa shape index (κ2) is 10.8. The van der Waals surface area contributed by atoms with Gasteiger partial charge in [-0.3, -0.25) is 19.0 Å². The molecule has 0 aliphatic carbocycles. The number of hydrogen-bond acceptors (Lipinski definition) is 7. The fourth-order valence-electron chi connectivity index (χ4n) is 3.88. The van der Waals surface area contributed by atoms with Gasteiger partial charge in [0.2, 0.25) is 11.8 Å².